The highest BCUT2D eigenvalue weighted by atomic mass is 16.3. The molecular formula is C21H22N6O2. The Labute approximate surface area is 167 Å². The van der Waals surface area contributed by atoms with Gasteiger partial charge < -0.3 is 15.1 Å². The number of nitrogens with one attached hydrogen (secondary N) is 2. The number of fused-ring (bicyclic) bond motifs is 2. The van der Waals surface area contributed by atoms with Crippen LogP contribution in [0.3, 0.4) is 0 Å². The lowest BCUT2D eigenvalue weighted by molar-refractivity contribution is 0.0925. The third kappa shape index (κ3) is 3.15. The standard InChI is InChI=1S/C21H22N6O2/c1-13-15-4-2-3-5-16(15)29-19(13)21(28)25-10-11-27-20-18(23-8-9-24-20)17(26-27)14-6-7-22-12-14/h2-5,8-9,14,22H,6-7,10-12H2,1H3,(H,25,28)/t14-/m0/s1. The number of nitrogens with zero attached hydrogens (tertiary/aromatic N) is 4. The molecule has 1 saturated heterocycles. The number of aryl methyl sites for hydroxylation is 1. The molecule has 8 heteroatoms. The van der Waals surface area contributed by atoms with Crippen LogP contribution in [0.5, 0.6) is 0 Å². The maximum atomic E-state index is 12.6. The van der Waals surface area contributed by atoms with Crippen LogP contribution in [0.15, 0.2) is 41.1 Å². The molecule has 0 radical (unpaired) electrons. The number of hydrogen-bond acceptors (Lipinski definition) is 6. The molecule has 0 unspecified atom stereocenters. The molecule has 1 aliphatic heterocycles. The molecule has 1 amide bonds. The minimum atomic E-state index is -0.221. The number of carbonyl (C=O) groups is 1. The van der Waals surface area contributed by atoms with E-state index in [0.29, 0.717) is 24.8 Å². The van der Waals surface area contributed by atoms with Crippen LogP contribution in [0.4, 0.5) is 0 Å². The van der Waals surface area contributed by atoms with Crippen LogP contribution in [0, 0.1) is 6.92 Å². The van der Waals surface area contributed by atoms with Gasteiger partial charge in [-0.15, -0.1) is 0 Å². The third-order valence-corrected chi connectivity index (χ3v) is 5.50. The normalized spacial score (nSPS) is 16.7. The lowest BCUT2D eigenvalue weighted by atomic mass is 10.0. The van der Waals surface area contributed by atoms with E-state index in [-0.39, 0.29) is 5.91 Å². The fraction of sp³-hybridized carbons (Fsp3) is 0.333. The molecule has 0 saturated carbocycles. The second-order valence-corrected chi connectivity index (χ2v) is 7.33. The Morgan fingerprint density at radius 3 is 3.00 bits per heavy atom. The number of benzene rings is 1. The number of para-hydroxylation sites is 1. The van der Waals surface area contributed by atoms with Gasteiger partial charge in [0.05, 0.1) is 12.2 Å². The molecule has 1 aromatic carbocycles. The van der Waals surface area contributed by atoms with Crippen molar-refractivity contribution < 1.29 is 9.21 Å². The van der Waals surface area contributed by atoms with Crippen LogP contribution in [0.2, 0.25) is 0 Å². The lowest BCUT2D eigenvalue weighted by Gasteiger charge is -2.06. The maximum Gasteiger partial charge on any atom is 0.287 e. The SMILES string of the molecule is Cc1c(C(=O)NCCn2nc([C@H]3CCNC3)c3nccnc32)oc2ccccc12. The zero-order chi connectivity index (χ0) is 19.8. The maximum absolute atomic E-state index is 12.6. The quantitative estimate of drug-likeness (QED) is 0.543. The first kappa shape index (κ1) is 17.8. The highest BCUT2D eigenvalue weighted by Gasteiger charge is 2.24. The van der Waals surface area contributed by atoms with E-state index in [0.717, 1.165) is 52.9 Å². The molecule has 4 heterocycles. The number of amides is 1. The van der Waals surface area contributed by atoms with Gasteiger partial charge in [-0.1, -0.05) is 18.2 Å². The lowest BCUT2D eigenvalue weighted by Crippen LogP contribution is -2.27. The topological polar surface area (TPSA) is 97.9 Å². The predicted octanol–water partition coefficient (Wildman–Crippen LogP) is 2.39. The van der Waals surface area contributed by atoms with Crippen LogP contribution in [-0.2, 0) is 6.54 Å². The Morgan fingerprint density at radius 2 is 2.17 bits per heavy atom. The van der Waals surface area contributed by atoms with E-state index >= 15 is 0 Å². The van der Waals surface area contributed by atoms with Gasteiger partial charge in [0.1, 0.15) is 11.1 Å². The second kappa shape index (κ2) is 7.29. The molecule has 2 N–H and O–H groups in total. The van der Waals surface area contributed by atoms with Crippen molar-refractivity contribution in [2.24, 2.45) is 0 Å². The molecule has 3 aromatic heterocycles. The smallest absolute Gasteiger partial charge is 0.287 e. The number of hydrogen-bond donors (Lipinski definition) is 2. The molecule has 0 aliphatic carbocycles. The Morgan fingerprint density at radius 1 is 1.31 bits per heavy atom. The minimum Gasteiger partial charge on any atom is -0.451 e. The van der Waals surface area contributed by atoms with Crippen molar-refractivity contribution in [3.8, 4) is 0 Å². The predicted molar refractivity (Wildman–Crippen MR) is 109 cm³/mol. The first-order chi connectivity index (χ1) is 14.2. The van der Waals surface area contributed by atoms with Crippen LogP contribution < -0.4 is 10.6 Å². The van der Waals surface area contributed by atoms with E-state index in [2.05, 4.69) is 20.6 Å². The van der Waals surface area contributed by atoms with E-state index in [9.17, 15) is 4.79 Å². The minimum absolute atomic E-state index is 0.221. The molecule has 1 fully saturated rings. The van der Waals surface area contributed by atoms with Gasteiger partial charge in [0.2, 0.25) is 0 Å². The van der Waals surface area contributed by atoms with Gasteiger partial charge in [-0.2, -0.15) is 5.10 Å². The summed E-state index contributed by atoms with van der Waals surface area (Å²) in [5.74, 6) is 0.485. The van der Waals surface area contributed by atoms with Crippen molar-refractivity contribution in [3.63, 3.8) is 0 Å². The molecule has 0 bridgehead atoms. The van der Waals surface area contributed by atoms with Crippen molar-refractivity contribution in [1.29, 1.82) is 0 Å². The molecular weight excluding hydrogens is 368 g/mol. The first-order valence-electron chi connectivity index (χ1n) is 9.87. The number of rotatable bonds is 5. The largest absolute Gasteiger partial charge is 0.451 e. The number of furan rings is 1. The molecule has 148 valence electrons. The van der Waals surface area contributed by atoms with E-state index in [1.807, 2.05) is 35.9 Å². The number of aromatic nitrogens is 4. The first-order valence-corrected chi connectivity index (χ1v) is 9.87. The molecule has 4 aromatic rings. The summed E-state index contributed by atoms with van der Waals surface area (Å²) in [5, 5.41) is 12.0. The van der Waals surface area contributed by atoms with Crippen molar-refractivity contribution in [2.75, 3.05) is 19.6 Å². The fourth-order valence-electron chi connectivity index (χ4n) is 3.99. The summed E-state index contributed by atoms with van der Waals surface area (Å²) < 4.78 is 7.58. The Kier molecular flexibility index (Phi) is 4.48. The van der Waals surface area contributed by atoms with Crippen LogP contribution >= 0.6 is 0 Å². The fourth-order valence-corrected chi connectivity index (χ4v) is 3.99. The van der Waals surface area contributed by atoms with Crippen LogP contribution in [0.25, 0.3) is 22.1 Å². The molecule has 8 nitrogen and oxygen atoms in total. The number of carbonyl (C=O) groups excluding carboxylic acids is 1. The van der Waals surface area contributed by atoms with Crippen molar-refractivity contribution in [1.82, 2.24) is 30.4 Å². The summed E-state index contributed by atoms with van der Waals surface area (Å²) in [5.41, 5.74) is 4.16. The zero-order valence-corrected chi connectivity index (χ0v) is 16.2. The zero-order valence-electron chi connectivity index (χ0n) is 16.2. The summed E-state index contributed by atoms with van der Waals surface area (Å²) >= 11 is 0. The Balaban J connectivity index is 1.33. The summed E-state index contributed by atoms with van der Waals surface area (Å²) in [6.07, 6.45) is 4.42. The van der Waals surface area contributed by atoms with Crippen LogP contribution in [-0.4, -0.2) is 45.3 Å². The summed E-state index contributed by atoms with van der Waals surface area (Å²) in [6.45, 7) is 4.74. The van der Waals surface area contributed by atoms with Gasteiger partial charge in [-0.05, 0) is 26.0 Å². The van der Waals surface area contributed by atoms with Gasteiger partial charge in [-0.3, -0.25) is 4.79 Å². The van der Waals surface area contributed by atoms with E-state index in [1.54, 1.807) is 12.4 Å². The van der Waals surface area contributed by atoms with Crippen LogP contribution in [0.1, 0.15) is 34.2 Å². The van der Waals surface area contributed by atoms with Gasteiger partial charge >= 0.3 is 0 Å². The van der Waals surface area contributed by atoms with Crippen molar-refractivity contribution in [3.05, 3.63) is 53.7 Å². The second-order valence-electron chi connectivity index (χ2n) is 7.33. The molecule has 1 aliphatic rings. The Bertz CT molecular complexity index is 1190. The van der Waals surface area contributed by atoms with E-state index < -0.39 is 0 Å². The highest BCUT2D eigenvalue weighted by Crippen LogP contribution is 2.27. The third-order valence-electron chi connectivity index (χ3n) is 5.50. The highest BCUT2D eigenvalue weighted by molar-refractivity contribution is 5.98. The monoisotopic (exact) mass is 390 g/mol. The summed E-state index contributed by atoms with van der Waals surface area (Å²) in [7, 11) is 0. The van der Waals surface area contributed by atoms with Gasteiger partial charge in [-0.25, -0.2) is 14.6 Å². The van der Waals surface area contributed by atoms with Crippen molar-refractivity contribution in [2.45, 2.75) is 25.8 Å². The van der Waals surface area contributed by atoms with Gasteiger partial charge in [0.15, 0.2) is 11.4 Å². The van der Waals surface area contributed by atoms with Gasteiger partial charge in [0.25, 0.3) is 5.91 Å². The molecule has 29 heavy (non-hydrogen) atoms. The molecule has 0 spiro atoms. The molecule has 1 atom stereocenters. The van der Waals surface area contributed by atoms with Crippen molar-refractivity contribution >= 4 is 28.0 Å². The average Bonchev–Trinajstić information content (AvgIpc) is 3.47. The Hall–Kier alpha value is -3.26. The molecule has 5 rings (SSSR count). The van der Waals surface area contributed by atoms with E-state index in [1.165, 1.54) is 0 Å². The van der Waals surface area contributed by atoms with E-state index in [4.69, 9.17) is 9.52 Å². The van der Waals surface area contributed by atoms with Gasteiger partial charge in [0, 0.05) is 42.4 Å². The average molecular weight is 390 g/mol. The summed E-state index contributed by atoms with van der Waals surface area (Å²) in [6, 6.07) is 7.66. The summed E-state index contributed by atoms with van der Waals surface area (Å²) in [4.78, 5) is 21.6.